The van der Waals surface area contributed by atoms with Crippen molar-refractivity contribution in [1.82, 2.24) is 0 Å². The van der Waals surface area contributed by atoms with Crippen LogP contribution < -0.4 is 0 Å². The number of nitro groups is 1. The van der Waals surface area contributed by atoms with Crippen LogP contribution in [0, 0.1) is 16.0 Å². The molecule has 0 saturated heterocycles. The average molecular weight is 344 g/mol. The molecule has 1 unspecified atom stereocenters. The number of hydrogen-bond acceptors (Lipinski definition) is 4. The van der Waals surface area contributed by atoms with Gasteiger partial charge < -0.3 is 10.2 Å². The van der Waals surface area contributed by atoms with Gasteiger partial charge in [-0.1, -0.05) is 26.2 Å². The smallest absolute Gasteiger partial charge is 0.247 e. The molecule has 0 aliphatic heterocycles. The van der Waals surface area contributed by atoms with E-state index in [1.165, 1.54) is 31.4 Å². The van der Waals surface area contributed by atoms with Gasteiger partial charge in [0, 0.05) is 51.1 Å². The molecular formula is C13H21NO4Y. The van der Waals surface area contributed by atoms with Crippen LogP contribution in [0.5, 0.6) is 0 Å². The van der Waals surface area contributed by atoms with Crippen LogP contribution in [0.1, 0.15) is 45.4 Å². The minimum atomic E-state index is -0.417. The largest absolute Gasteiger partial charge is 0.512 e. The molecule has 19 heavy (non-hydrogen) atoms. The van der Waals surface area contributed by atoms with Crippen LogP contribution in [0.25, 0.3) is 0 Å². The summed E-state index contributed by atoms with van der Waals surface area (Å²) in [6.45, 7) is 1.75. The summed E-state index contributed by atoms with van der Waals surface area (Å²) in [5, 5.41) is 28.2. The Bertz CT molecular complexity index is 349. The van der Waals surface area contributed by atoms with E-state index in [0.717, 1.165) is 12.8 Å². The number of aliphatic hydroxyl groups excluding tert-OH is 2. The maximum atomic E-state index is 10.2. The van der Waals surface area contributed by atoms with Crippen LogP contribution in [-0.4, -0.2) is 21.2 Å². The van der Waals surface area contributed by atoms with Gasteiger partial charge in [0.15, 0.2) is 0 Å². The first-order valence-electron chi connectivity index (χ1n) is 6.43. The molecule has 0 spiro atoms. The van der Waals surface area contributed by atoms with Gasteiger partial charge in [-0.25, -0.2) is 0 Å². The molecule has 2 rings (SSSR count). The van der Waals surface area contributed by atoms with Crippen LogP contribution in [0.4, 0.5) is 0 Å². The van der Waals surface area contributed by atoms with Gasteiger partial charge >= 0.3 is 0 Å². The predicted molar refractivity (Wildman–Crippen MR) is 68.7 cm³/mol. The molecule has 0 aromatic rings. The van der Waals surface area contributed by atoms with E-state index < -0.39 is 4.92 Å². The Morgan fingerprint density at radius 1 is 1.26 bits per heavy atom. The first-order valence-corrected chi connectivity index (χ1v) is 6.43. The second-order valence-electron chi connectivity index (χ2n) is 4.90. The molecule has 0 aromatic heterocycles. The minimum Gasteiger partial charge on any atom is -0.512 e. The van der Waals surface area contributed by atoms with Gasteiger partial charge in [-0.3, -0.25) is 10.1 Å². The first kappa shape index (κ1) is 18.7. The zero-order valence-electron chi connectivity index (χ0n) is 11.3. The maximum absolute atomic E-state index is 10.2. The van der Waals surface area contributed by atoms with Crippen LogP contribution in [0.15, 0.2) is 23.6 Å². The Morgan fingerprint density at radius 2 is 1.84 bits per heavy atom. The maximum Gasteiger partial charge on any atom is 0.247 e. The van der Waals surface area contributed by atoms with Gasteiger partial charge in [-0.05, 0) is 18.9 Å². The Balaban J connectivity index is 0.000000352. The zero-order valence-corrected chi connectivity index (χ0v) is 14.1. The van der Waals surface area contributed by atoms with Crippen molar-refractivity contribution >= 4 is 0 Å². The molecule has 1 saturated carbocycles. The van der Waals surface area contributed by atoms with E-state index in [1.807, 2.05) is 0 Å². The van der Waals surface area contributed by atoms with Crippen molar-refractivity contribution in [2.75, 3.05) is 0 Å². The fourth-order valence-corrected chi connectivity index (χ4v) is 2.05. The molecular weight excluding hydrogens is 323 g/mol. The third-order valence-corrected chi connectivity index (χ3v) is 3.28. The predicted octanol–water partition coefficient (Wildman–Crippen LogP) is 2.94. The molecule has 105 valence electrons. The van der Waals surface area contributed by atoms with E-state index in [1.54, 1.807) is 6.92 Å². The van der Waals surface area contributed by atoms with Gasteiger partial charge in [0.25, 0.3) is 0 Å². The molecule has 1 fully saturated rings. The van der Waals surface area contributed by atoms with Crippen molar-refractivity contribution in [2.45, 2.75) is 51.6 Å². The summed E-state index contributed by atoms with van der Waals surface area (Å²) in [6.07, 6.45) is 8.96. The van der Waals surface area contributed by atoms with E-state index in [2.05, 4.69) is 0 Å². The van der Waals surface area contributed by atoms with Gasteiger partial charge in [-0.2, -0.15) is 0 Å². The molecule has 0 aromatic carbocycles. The number of allylic oxidation sites excluding steroid dienone is 4. The van der Waals surface area contributed by atoms with Crippen LogP contribution in [0.3, 0.4) is 0 Å². The van der Waals surface area contributed by atoms with Crippen LogP contribution >= 0.6 is 0 Å². The Hall–Kier alpha value is -0.256. The number of rotatable bonds is 1. The molecule has 2 aliphatic rings. The summed E-state index contributed by atoms with van der Waals surface area (Å²) in [6, 6.07) is 0. The normalized spacial score (nSPS) is 23.2. The monoisotopic (exact) mass is 344 g/mol. The molecule has 6 heteroatoms. The van der Waals surface area contributed by atoms with Crippen LogP contribution in [-0.2, 0) is 32.7 Å². The Kier molecular flexibility index (Phi) is 9.49. The van der Waals surface area contributed by atoms with Gasteiger partial charge in [0.2, 0.25) is 5.70 Å². The molecule has 5 nitrogen and oxygen atoms in total. The van der Waals surface area contributed by atoms with Crippen molar-refractivity contribution in [3.63, 3.8) is 0 Å². The SMILES string of the molecule is CC1CC([N+](=O)[O-])=CC=C1O.OC1CCCCC1.[Y]. The van der Waals surface area contributed by atoms with Crippen molar-refractivity contribution < 1.29 is 47.8 Å². The van der Waals surface area contributed by atoms with E-state index in [0.29, 0.717) is 6.42 Å². The van der Waals surface area contributed by atoms with Crippen LogP contribution in [0.2, 0.25) is 0 Å². The van der Waals surface area contributed by atoms with Gasteiger partial charge in [0.05, 0.1) is 16.8 Å². The number of hydrogen-bond donors (Lipinski definition) is 2. The molecule has 0 amide bonds. The second-order valence-corrected chi connectivity index (χ2v) is 4.90. The molecule has 1 radical (unpaired) electrons. The fraction of sp³-hybridized carbons (Fsp3) is 0.692. The molecule has 0 heterocycles. The van der Waals surface area contributed by atoms with E-state index in [4.69, 9.17) is 10.2 Å². The standard InChI is InChI=1S/C7H9NO3.C6H12O.Y/c1-5-4-6(8(10)11)2-3-7(5)9;7-6-4-2-1-3-5-6;/h2-3,5,9H,4H2,1H3;6-7H,1-5H2;. The average Bonchev–Trinajstić information content (AvgIpc) is 2.34. The summed E-state index contributed by atoms with van der Waals surface area (Å²) < 4.78 is 0. The number of aliphatic hydroxyl groups is 2. The summed E-state index contributed by atoms with van der Waals surface area (Å²) in [5.41, 5.74) is 0.162. The third kappa shape index (κ3) is 7.18. The summed E-state index contributed by atoms with van der Waals surface area (Å²) in [5.74, 6) is 0.0935. The van der Waals surface area contributed by atoms with E-state index in [9.17, 15) is 10.1 Å². The summed E-state index contributed by atoms with van der Waals surface area (Å²) in [7, 11) is 0. The minimum absolute atomic E-state index is 0. The van der Waals surface area contributed by atoms with Gasteiger partial charge in [0.1, 0.15) is 0 Å². The first-order chi connectivity index (χ1) is 8.50. The summed E-state index contributed by atoms with van der Waals surface area (Å²) in [4.78, 5) is 9.82. The number of nitrogens with zero attached hydrogens (tertiary/aromatic N) is 1. The Morgan fingerprint density at radius 3 is 2.21 bits per heavy atom. The quantitative estimate of drug-likeness (QED) is 0.566. The molecule has 2 N–H and O–H groups in total. The Labute approximate surface area is 138 Å². The zero-order chi connectivity index (χ0) is 13.5. The molecule has 2 aliphatic carbocycles. The summed E-state index contributed by atoms with van der Waals surface area (Å²) >= 11 is 0. The van der Waals surface area contributed by atoms with E-state index in [-0.39, 0.29) is 56.2 Å². The molecule has 1 atom stereocenters. The van der Waals surface area contributed by atoms with Crippen molar-refractivity contribution in [3.05, 3.63) is 33.7 Å². The van der Waals surface area contributed by atoms with Crippen molar-refractivity contribution in [2.24, 2.45) is 5.92 Å². The fourth-order valence-electron chi connectivity index (χ4n) is 2.05. The topological polar surface area (TPSA) is 83.6 Å². The second kappa shape index (κ2) is 9.62. The van der Waals surface area contributed by atoms with E-state index >= 15 is 0 Å². The molecule has 0 bridgehead atoms. The van der Waals surface area contributed by atoms with Crippen molar-refractivity contribution in [1.29, 1.82) is 0 Å². The van der Waals surface area contributed by atoms with Gasteiger partial charge in [-0.15, -0.1) is 0 Å². The van der Waals surface area contributed by atoms with Crippen molar-refractivity contribution in [3.8, 4) is 0 Å². The third-order valence-electron chi connectivity index (χ3n) is 3.28.